The molecule has 3 heterocycles. The highest BCUT2D eigenvalue weighted by Crippen LogP contribution is 2.37. The van der Waals surface area contributed by atoms with Crippen LogP contribution in [0.15, 0.2) is 12.4 Å². The fourth-order valence-electron chi connectivity index (χ4n) is 3.80. The van der Waals surface area contributed by atoms with Crippen LogP contribution in [0.5, 0.6) is 0 Å². The molecule has 0 unspecified atom stereocenters. The van der Waals surface area contributed by atoms with Crippen LogP contribution in [0.25, 0.3) is 0 Å². The molecule has 3 fully saturated rings. The number of piperidine rings is 1. The first kappa shape index (κ1) is 16.1. The molecular weight excluding hydrogens is 304 g/mol. The second-order valence-corrected chi connectivity index (χ2v) is 7.95. The minimum absolute atomic E-state index is 0.243. The SMILES string of the molecule is C[C@@H]1CN(c2cc(N3CCC(C)(O)CC3)ncn2)C[C@H](C2CC2)O1. The molecule has 132 valence electrons. The summed E-state index contributed by atoms with van der Waals surface area (Å²) in [5, 5.41) is 10.1. The van der Waals surface area contributed by atoms with E-state index in [4.69, 9.17) is 4.74 Å². The Morgan fingerprint density at radius 2 is 1.79 bits per heavy atom. The second-order valence-electron chi connectivity index (χ2n) is 7.95. The zero-order chi connectivity index (χ0) is 16.7. The molecule has 2 aliphatic heterocycles. The maximum absolute atomic E-state index is 10.1. The summed E-state index contributed by atoms with van der Waals surface area (Å²) in [7, 11) is 0. The zero-order valence-corrected chi connectivity index (χ0v) is 14.7. The Bertz CT molecular complexity index is 580. The van der Waals surface area contributed by atoms with E-state index in [1.165, 1.54) is 12.8 Å². The summed E-state index contributed by atoms with van der Waals surface area (Å²) >= 11 is 0. The Labute approximate surface area is 143 Å². The number of nitrogens with zero attached hydrogens (tertiary/aromatic N) is 4. The molecule has 1 aromatic heterocycles. The van der Waals surface area contributed by atoms with Gasteiger partial charge >= 0.3 is 0 Å². The lowest BCUT2D eigenvalue weighted by atomic mass is 9.94. The quantitative estimate of drug-likeness (QED) is 0.911. The van der Waals surface area contributed by atoms with Crippen LogP contribution in [0.1, 0.15) is 39.5 Å². The molecule has 1 aromatic rings. The zero-order valence-electron chi connectivity index (χ0n) is 14.7. The molecule has 0 aromatic carbocycles. The van der Waals surface area contributed by atoms with Crippen molar-refractivity contribution in [3.63, 3.8) is 0 Å². The third kappa shape index (κ3) is 3.49. The minimum atomic E-state index is -0.538. The van der Waals surface area contributed by atoms with Gasteiger partial charge in [0, 0.05) is 32.2 Å². The normalized spacial score (nSPS) is 30.5. The van der Waals surface area contributed by atoms with Gasteiger partial charge in [-0.3, -0.25) is 0 Å². The van der Waals surface area contributed by atoms with Gasteiger partial charge in [0.05, 0.1) is 17.8 Å². The number of anilines is 2. The van der Waals surface area contributed by atoms with Crippen molar-refractivity contribution in [2.24, 2.45) is 5.92 Å². The van der Waals surface area contributed by atoms with Crippen molar-refractivity contribution in [1.29, 1.82) is 0 Å². The summed E-state index contributed by atoms with van der Waals surface area (Å²) in [6.07, 6.45) is 6.42. The molecule has 1 N–H and O–H groups in total. The molecule has 24 heavy (non-hydrogen) atoms. The van der Waals surface area contributed by atoms with Gasteiger partial charge in [0.2, 0.25) is 0 Å². The van der Waals surface area contributed by atoms with E-state index in [9.17, 15) is 5.11 Å². The molecule has 6 heteroatoms. The Morgan fingerprint density at radius 3 is 2.46 bits per heavy atom. The first-order chi connectivity index (χ1) is 11.5. The fraction of sp³-hybridized carbons (Fsp3) is 0.778. The molecule has 0 radical (unpaired) electrons. The number of ether oxygens (including phenoxy) is 1. The van der Waals surface area contributed by atoms with Gasteiger partial charge in [0.25, 0.3) is 0 Å². The molecule has 2 atom stereocenters. The Hall–Kier alpha value is -1.40. The highest BCUT2D eigenvalue weighted by atomic mass is 16.5. The minimum Gasteiger partial charge on any atom is -0.390 e. The van der Waals surface area contributed by atoms with Crippen molar-refractivity contribution in [2.75, 3.05) is 36.0 Å². The number of hydrogen-bond donors (Lipinski definition) is 1. The van der Waals surface area contributed by atoms with E-state index in [1.54, 1.807) is 6.33 Å². The highest BCUT2D eigenvalue weighted by Gasteiger charge is 2.37. The van der Waals surface area contributed by atoms with Crippen LogP contribution < -0.4 is 9.80 Å². The number of morpholine rings is 1. The molecule has 3 aliphatic rings. The van der Waals surface area contributed by atoms with Gasteiger partial charge < -0.3 is 19.6 Å². The van der Waals surface area contributed by atoms with Crippen LogP contribution in [-0.2, 0) is 4.74 Å². The number of rotatable bonds is 3. The van der Waals surface area contributed by atoms with E-state index in [0.29, 0.717) is 6.10 Å². The maximum Gasteiger partial charge on any atom is 0.134 e. The van der Waals surface area contributed by atoms with E-state index in [0.717, 1.165) is 56.6 Å². The van der Waals surface area contributed by atoms with Crippen LogP contribution in [0.3, 0.4) is 0 Å². The highest BCUT2D eigenvalue weighted by molar-refractivity contribution is 5.51. The standard InChI is InChI=1S/C18H28N4O2/c1-13-10-22(11-15(24-13)14-3-4-14)17-9-16(19-12-20-17)21-7-5-18(2,23)6-8-21/h9,12-15,23H,3-8,10-11H2,1-2H3/t13-,15-/m1/s1. The summed E-state index contributed by atoms with van der Waals surface area (Å²) in [4.78, 5) is 13.6. The summed E-state index contributed by atoms with van der Waals surface area (Å²) in [5.41, 5.74) is -0.538. The molecule has 1 aliphatic carbocycles. The van der Waals surface area contributed by atoms with E-state index in [-0.39, 0.29) is 6.10 Å². The largest absolute Gasteiger partial charge is 0.390 e. The molecule has 6 nitrogen and oxygen atoms in total. The van der Waals surface area contributed by atoms with E-state index in [1.807, 2.05) is 6.92 Å². The summed E-state index contributed by atoms with van der Waals surface area (Å²) < 4.78 is 6.11. The predicted octanol–water partition coefficient (Wildman–Crippen LogP) is 1.83. The monoisotopic (exact) mass is 332 g/mol. The van der Waals surface area contributed by atoms with Crippen molar-refractivity contribution in [2.45, 2.75) is 57.3 Å². The number of hydrogen-bond acceptors (Lipinski definition) is 6. The third-order valence-electron chi connectivity index (χ3n) is 5.56. The van der Waals surface area contributed by atoms with Crippen molar-refractivity contribution in [1.82, 2.24) is 9.97 Å². The third-order valence-corrected chi connectivity index (χ3v) is 5.56. The lowest BCUT2D eigenvalue weighted by Gasteiger charge is -2.39. The maximum atomic E-state index is 10.1. The van der Waals surface area contributed by atoms with Gasteiger partial charge in [-0.15, -0.1) is 0 Å². The molecule has 0 bridgehead atoms. The topological polar surface area (TPSA) is 61.7 Å². The van der Waals surface area contributed by atoms with Crippen molar-refractivity contribution in [3.8, 4) is 0 Å². The summed E-state index contributed by atoms with van der Waals surface area (Å²) in [5.74, 6) is 2.71. The molecule has 1 saturated carbocycles. The van der Waals surface area contributed by atoms with Crippen LogP contribution in [0, 0.1) is 5.92 Å². The number of aromatic nitrogens is 2. The smallest absolute Gasteiger partial charge is 0.134 e. The van der Waals surface area contributed by atoms with Gasteiger partial charge in [-0.05, 0) is 45.4 Å². The molecule has 0 amide bonds. The van der Waals surface area contributed by atoms with Crippen molar-refractivity contribution in [3.05, 3.63) is 12.4 Å². The Morgan fingerprint density at radius 1 is 1.12 bits per heavy atom. The Balaban J connectivity index is 1.48. The van der Waals surface area contributed by atoms with Crippen molar-refractivity contribution < 1.29 is 9.84 Å². The van der Waals surface area contributed by atoms with Crippen LogP contribution >= 0.6 is 0 Å². The van der Waals surface area contributed by atoms with Gasteiger partial charge in [0.15, 0.2) is 0 Å². The van der Waals surface area contributed by atoms with Crippen LogP contribution in [0.4, 0.5) is 11.6 Å². The van der Waals surface area contributed by atoms with Gasteiger partial charge in [-0.25, -0.2) is 9.97 Å². The molecular formula is C18H28N4O2. The first-order valence-corrected chi connectivity index (χ1v) is 9.20. The van der Waals surface area contributed by atoms with Crippen molar-refractivity contribution >= 4 is 11.6 Å². The van der Waals surface area contributed by atoms with E-state index >= 15 is 0 Å². The first-order valence-electron chi connectivity index (χ1n) is 9.20. The summed E-state index contributed by atoms with van der Waals surface area (Å²) in [6, 6.07) is 2.10. The van der Waals surface area contributed by atoms with Crippen LogP contribution in [0.2, 0.25) is 0 Å². The van der Waals surface area contributed by atoms with Gasteiger partial charge in [-0.1, -0.05) is 0 Å². The van der Waals surface area contributed by atoms with Gasteiger partial charge in [0.1, 0.15) is 18.0 Å². The van der Waals surface area contributed by atoms with Gasteiger partial charge in [-0.2, -0.15) is 0 Å². The molecule has 2 saturated heterocycles. The van der Waals surface area contributed by atoms with E-state index < -0.39 is 5.60 Å². The van der Waals surface area contributed by atoms with Crippen LogP contribution in [-0.4, -0.2) is 59.1 Å². The lowest BCUT2D eigenvalue weighted by molar-refractivity contribution is -0.0273. The summed E-state index contributed by atoms with van der Waals surface area (Å²) in [6.45, 7) is 7.56. The Kier molecular flexibility index (Phi) is 4.12. The second kappa shape index (κ2) is 6.15. The fourth-order valence-corrected chi connectivity index (χ4v) is 3.80. The average Bonchev–Trinajstić information content (AvgIpc) is 3.39. The molecule has 4 rings (SSSR count). The number of aliphatic hydroxyl groups is 1. The predicted molar refractivity (Wildman–Crippen MR) is 93.4 cm³/mol. The lowest BCUT2D eigenvalue weighted by Crippen LogP contribution is -2.48. The molecule has 0 spiro atoms. The van der Waals surface area contributed by atoms with E-state index in [2.05, 4.69) is 32.8 Å². The average molecular weight is 332 g/mol.